The summed E-state index contributed by atoms with van der Waals surface area (Å²) in [6.45, 7) is 7.95. The van der Waals surface area contributed by atoms with Crippen LogP contribution in [0.4, 0.5) is 0 Å². The zero-order valence-electron chi connectivity index (χ0n) is 16.6. The van der Waals surface area contributed by atoms with Crippen LogP contribution in [0.2, 0.25) is 0 Å². The van der Waals surface area contributed by atoms with Gasteiger partial charge in [-0.15, -0.1) is 0 Å². The van der Waals surface area contributed by atoms with E-state index in [9.17, 15) is 16.8 Å². The van der Waals surface area contributed by atoms with Crippen LogP contribution in [0, 0.1) is 27.7 Å². The molecule has 1 saturated heterocycles. The fraction of sp³-hybridized carbons (Fsp3) is 0.400. The average molecular weight is 423 g/mol. The Balaban J connectivity index is 1.80. The van der Waals surface area contributed by atoms with Crippen molar-refractivity contribution in [2.24, 2.45) is 0 Å². The molecule has 2 aromatic carbocycles. The van der Waals surface area contributed by atoms with Crippen molar-refractivity contribution in [3.63, 3.8) is 0 Å². The Labute approximate surface area is 167 Å². The van der Waals surface area contributed by atoms with Gasteiger partial charge in [0, 0.05) is 26.2 Å². The zero-order valence-corrected chi connectivity index (χ0v) is 18.3. The zero-order chi connectivity index (χ0) is 20.7. The molecule has 152 valence electrons. The molecule has 8 heteroatoms. The van der Waals surface area contributed by atoms with Crippen LogP contribution in [-0.2, 0) is 20.0 Å². The highest BCUT2D eigenvalue weighted by molar-refractivity contribution is 7.89. The molecule has 0 aromatic heterocycles. The van der Waals surface area contributed by atoms with Gasteiger partial charge in [-0.3, -0.25) is 0 Å². The minimum absolute atomic E-state index is 0.139. The Morgan fingerprint density at radius 1 is 0.607 bits per heavy atom. The lowest BCUT2D eigenvalue weighted by Crippen LogP contribution is -2.50. The van der Waals surface area contributed by atoms with Gasteiger partial charge in [0.25, 0.3) is 0 Å². The van der Waals surface area contributed by atoms with Gasteiger partial charge in [-0.05, 0) is 51.0 Å². The van der Waals surface area contributed by atoms with Crippen LogP contribution in [0.15, 0.2) is 46.2 Å². The van der Waals surface area contributed by atoms with Crippen molar-refractivity contribution in [3.05, 3.63) is 58.7 Å². The third-order valence-corrected chi connectivity index (χ3v) is 9.21. The van der Waals surface area contributed by atoms with E-state index >= 15 is 0 Å². The van der Waals surface area contributed by atoms with E-state index < -0.39 is 20.0 Å². The number of hydrogen-bond donors (Lipinski definition) is 0. The van der Waals surface area contributed by atoms with Gasteiger partial charge in [0.05, 0.1) is 9.79 Å². The lowest BCUT2D eigenvalue weighted by atomic mass is 10.2. The Hall–Kier alpha value is -1.74. The van der Waals surface area contributed by atoms with Crippen LogP contribution in [0.25, 0.3) is 0 Å². The van der Waals surface area contributed by atoms with Crippen molar-refractivity contribution in [3.8, 4) is 0 Å². The summed E-state index contributed by atoms with van der Waals surface area (Å²) in [4.78, 5) is 0.563. The highest BCUT2D eigenvalue weighted by atomic mass is 32.2. The van der Waals surface area contributed by atoms with E-state index in [-0.39, 0.29) is 36.0 Å². The fourth-order valence-corrected chi connectivity index (χ4v) is 6.86. The monoisotopic (exact) mass is 422 g/mol. The van der Waals surface area contributed by atoms with Gasteiger partial charge < -0.3 is 0 Å². The van der Waals surface area contributed by atoms with E-state index in [2.05, 4.69) is 0 Å². The van der Waals surface area contributed by atoms with Gasteiger partial charge in [-0.2, -0.15) is 8.61 Å². The number of benzene rings is 2. The SMILES string of the molecule is Cc1ccc(S(=O)(=O)N2CCN(S(=O)(=O)c3ccc(C)cc3C)CC2)c(C)c1. The Morgan fingerprint density at radius 2 is 0.929 bits per heavy atom. The molecule has 3 rings (SSSR count). The van der Waals surface area contributed by atoms with Gasteiger partial charge in [0.1, 0.15) is 0 Å². The minimum atomic E-state index is -3.64. The first-order chi connectivity index (χ1) is 13.0. The molecule has 28 heavy (non-hydrogen) atoms. The van der Waals surface area contributed by atoms with Crippen molar-refractivity contribution in [2.75, 3.05) is 26.2 Å². The minimum Gasteiger partial charge on any atom is -0.207 e. The number of nitrogens with zero attached hydrogens (tertiary/aromatic N) is 2. The molecule has 0 bridgehead atoms. The molecule has 0 N–H and O–H groups in total. The van der Waals surface area contributed by atoms with Crippen molar-refractivity contribution < 1.29 is 16.8 Å². The molecule has 6 nitrogen and oxygen atoms in total. The quantitative estimate of drug-likeness (QED) is 0.759. The van der Waals surface area contributed by atoms with E-state index in [0.717, 1.165) is 11.1 Å². The number of hydrogen-bond acceptors (Lipinski definition) is 4. The molecule has 0 aliphatic carbocycles. The second-order valence-electron chi connectivity index (χ2n) is 7.35. The second kappa shape index (κ2) is 7.59. The third-order valence-electron chi connectivity index (χ3n) is 5.09. The summed E-state index contributed by atoms with van der Waals surface area (Å²) in [5, 5.41) is 0. The predicted octanol–water partition coefficient (Wildman–Crippen LogP) is 2.62. The molecule has 0 amide bonds. The summed E-state index contributed by atoms with van der Waals surface area (Å²) < 4.78 is 54.7. The van der Waals surface area contributed by atoms with Crippen LogP contribution in [-0.4, -0.2) is 51.6 Å². The first-order valence-corrected chi connectivity index (χ1v) is 12.1. The molecule has 1 heterocycles. The van der Waals surface area contributed by atoms with Crippen molar-refractivity contribution in [2.45, 2.75) is 37.5 Å². The Morgan fingerprint density at radius 3 is 1.21 bits per heavy atom. The molecule has 2 aromatic rings. The van der Waals surface area contributed by atoms with Crippen LogP contribution in [0.1, 0.15) is 22.3 Å². The Bertz CT molecular complexity index is 1010. The van der Waals surface area contributed by atoms with Gasteiger partial charge >= 0.3 is 0 Å². The summed E-state index contributed by atoms with van der Waals surface area (Å²) in [6.07, 6.45) is 0. The van der Waals surface area contributed by atoms with E-state index in [0.29, 0.717) is 11.1 Å². The molecular formula is C20H26N2O4S2. The summed E-state index contributed by atoms with van der Waals surface area (Å²) in [6, 6.07) is 10.5. The summed E-state index contributed by atoms with van der Waals surface area (Å²) in [5.74, 6) is 0. The number of sulfonamides is 2. The van der Waals surface area contributed by atoms with Gasteiger partial charge in [-0.25, -0.2) is 16.8 Å². The summed E-state index contributed by atoms with van der Waals surface area (Å²) in [7, 11) is -7.29. The predicted molar refractivity (Wildman–Crippen MR) is 109 cm³/mol. The molecule has 0 saturated carbocycles. The van der Waals surface area contributed by atoms with Gasteiger partial charge in [-0.1, -0.05) is 35.4 Å². The molecule has 0 spiro atoms. The molecule has 1 aliphatic heterocycles. The lowest BCUT2D eigenvalue weighted by Gasteiger charge is -2.33. The number of aryl methyl sites for hydroxylation is 4. The second-order valence-corrected chi connectivity index (χ2v) is 11.2. The first-order valence-electron chi connectivity index (χ1n) is 9.18. The van der Waals surface area contributed by atoms with E-state index in [1.54, 1.807) is 38.1 Å². The number of rotatable bonds is 4. The normalized spacial score (nSPS) is 17.0. The van der Waals surface area contributed by atoms with Crippen molar-refractivity contribution in [1.29, 1.82) is 0 Å². The summed E-state index contributed by atoms with van der Waals surface area (Å²) >= 11 is 0. The summed E-state index contributed by atoms with van der Waals surface area (Å²) in [5.41, 5.74) is 3.40. The average Bonchev–Trinajstić information content (AvgIpc) is 2.61. The topological polar surface area (TPSA) is 74.8 Å². The maximum atomic E-state index is 13.0. The van der Waals surface area contributed by atoms with Gasteiger partial charge in [0.15, 0.2) is 0 Å². The van der Waals surface area contributed by atoms with Crippen LogP contribution in [0.5, 0.6) is 0 Å². The third kappa shape index (κ3) is 3.87. The maximum Gasteiger partial charge on any atom is 0.243 e. The van der Waals surface area contributed by atoms with Crippen molar-refractivity contribution >= 4 is 20.0 Å². The Kier molecular flexibility index (Phi) is 5.69. The smallest absolute Gasteiger partial charge is 0.207 e. The molecule has 1 aliphatic rings. The van der Waals surface area contributed by atoms with Crippen LogP contribution in [0.3, 0.4) is 0 Å². The highest BCUT2D eigenvalue weighted by Crippen LogP contribution is 2.25. The van der Waals surface area contributed by atoms with Crippen molar-refractivity contribution in [1.82, 2.24) is 8.61 Å². The highest BCUT2D eigenvalue weighted by Gasteiger charge is 2.34. The number of piperazine rings is 1. The van der Waals surface area contributed by atoms with E-state index in [4.69, 9.17) is 0 Å². The lowest BCUT2D eigenvalue weighted by molar-refractivity contribution is 0.272. The maximum absolute atomic E-state index is 13.0. The van der Waals surface area contributed by atoms with E-state index in [1.165, 1.54) is 8.61 Å². The fourth-order valence-electron chi connectivity index (χ4n) is 3.61. The largest absolute Gasteiger partial charge is 0.243 e. The molecular weight excluding hydrogens is 396 g/mol. The molecule has 0 atom stereocenters. The van der Waals surface area contributed by atoms with Crippen LogP contribution < -0.4 is 0 Å². The van der Waals surface area contributed by atoms with Gasteiger partial charge in [0.2, 0.25) is 20.0 Å². The van der Waals surface area contributed by atoms with Crippen LogP contribution >= 0.6 is 0 Å². The molecule has 0 unspecified atom stereocenters. The standard InChI is InChI=1S/C20H26N2O4S2/c1-15-5-7-19(17(3)13-15)27(23,24)21-9-11-22(12-10-21)28(25,26)20-8-6-16(2)14-18(20)4/h5-8,13-14H,9-12H2,1-4H3. The van der Waals surface area contributed by atoms with E-state index in [1.807, 2.05) is 26.0 Å². The molecule has 0 radical (unpaired) electrons. The molecule has 1 fully saturated rings. The first kappa shape index (κ1) is 21.0.